The summed E-state index contributed by atoms with van der Waals surface area (Å²) >= 11 is 0. The van der Waals surface area contributed by atoms with E-state index in [1.165, 1.54) is 89.9 Å². The second kappa shape index (κ2) is 19.2. The second-order valence-corrected chi connectivity index (χ2v) is 9.53. The maximum absolute atomic E-state index is 6.05. The first-order valence-corrected chi connectivity index (χ1v) is 12.2. The van der Waals surface area contributed by atoms with E-state index in [-0.39, 0.29) is 0 Å². The molecule has 2 nitrogen and oxygen atoms in total. The predicted molar refractivity (Wildman–Crippen MR) is 123 cm³/mol. The van der Waals surface area contributed by atoms with Gasteiger partial charge >= 0.3 is 0 Å². The highest BCUT2D eigenvalue weighted by molar-refractivity contribution is 4.66. The molecule has 0 N–H and O–H groups in total. The molecule has 0 aromatic heterocycles. The van der Waals surface area contributed by atoms with Gasteiger partial charge < -0.3 is 9.64 Å². The Labute approximate surface area is 172 Å². The zero-order chi connectivity index (χ0) is 20.3. The van der Waals surface area contributed by atoms with Gasteiger partial charge in [0.1, 0.15) is 0 Å². The second-order valence-electron chi connectivity index (χ2n) is 9.53. The van der Waals surface area contributed by atoms with Gasteiger partial charge in [-0.25, -0.2) is 0 Å². The summed E-state index contributed by atoms with van der Waals surface area (Å²) in [4.78, 5) is 2.36. The number of nitrogens with zero attached hydrogens (tertiary/aromatic N) is 1. The predicted octanol–water partition coefficient (Wildman–Crippen LogP) is 7.71. The van der Waals surface area contributed by atoms with Crippen molar-refractivity contribution in [3.63, 3.8) is 0 Å². The van der Waals surface area contributed by atoms with Gasteiger partial charge in [0.05, 0.1) is 6.61 Å². The monoisotopic (exact) mass is 383 g/mol. The Morgan fingerprint density at radius 1 is 0.667 bits per heavy atom. The van der Waals surface area contributed by atoms with Crippen molar-refractivity contribution in [3.05, 3.63) is 0 Å². The number of hydrogen-bond acceptors (Lipinski definition) is 2. The molecule has 164 valence electrons. The third-order valence-corrected chi connectivity index (χ3v) is 5.91. The number of ether oxygens (including phenoxy) is 1. The quantitative estimate of drug-likeness (QED) is 0.200. The summed E-state index contributed by atoms with van der Waals surface area (Å²) < 4.78 is 6.05. The minimum atomic E-state index is 0.589. The molecule has 0 heterocycles. The van der Waals surface area contributed by atoms with Gasteiger partial charge in [0, 0.05) is 12.6 Å². The van der Waals surface area contributed by atoms with Gasteiger partial charge in [0.15, 0.2) is 0 Å². The van der Waals surface area contributed by atoms with Crippen LogP contribution in [0.2, 0.25) is 0 Å². The van der Waals surface area contributed by atoms with Gasteiger partial charge in [-0.15, -0.1) is 0 Å². The maximum Gasteiger partial charge on any atom is 0.0621 e. The molecule has 27 heavy (non-hydrogen) atoms. The van der Waals surface area contributed by atoms with Gasteiger partial charge in [0.25, 0.3) is 0 Å². The first-order valence-electron chi connectivity index (χ1n) is 12.2. The molecule has 0 aliphatic carbocycles. The number of hydrogen-bond donors (Lipinski definition) is 0. The molecule has 0 aliphatic rings. The van der Waals surface area contributed by atoms with Crippen LogP contribution in [-0.2, 0) is 4.74 Å². The molecule has 2 unspecified atom stereocenters. The van der Waals surface area contributed by atoms with Crippen LogP contribution in [0.15, 0.2) is 0 Å². The summed E-state index contributed by atoms with van der Waals surface area (Å²) in [6.07, 6.45) is 19.3. The van der Waals surface area contributed by atoms with Crippen molar-refractivity contribution >= 4 is 0 Å². The maximum atomic E-state index is 6.05. The number of unbranched alkanes of at least 4 members (excludes halogenated alkanes) is 8. The molecule has 0 rings (SSSR count). The molecule has 0 aromatic rings. The van der Waals surface area contributed by atoms with E-state index < -0.39 is 0 Å². The van der Waals surface area contributed by atoms with E-state index in [9.17, 15) is 0 Å². The first kappa shape index (κ1) is 26.9. The Morgan fingerprint density at radius 2 is 1.26 bits per heavy atom. The van der Waals surface area contributed by atoms with E-state index in [1.54, 1.807) is 0 Å². The molecule has 2 heteroatoms. The van der Waals surface area contributed by atoms with Gasteiger partial charge in [-0.2, -0.15) is 0 Å². The largest absolute Gasteiger partial charge is 0.380 e. The van der Waals surface area contributed by atoms with Crippen LogP contribution in [0.4, 0.5) is 0 Å². The van der Waals surface area contributed by atoms with Crippen molar-refractivity contribution in [1.82, 2.24) is 4.90 Å². The summed E-state index contributed by atoms with van der Waals surface area (Å²) in [7, 11) is 4.41. The fraction of sp³-hybridized carbons (Fsp3) is 1.00. The van der Waals surface area contributed by atoms with Crippen molar-refractivity contribution in [2.75, 3.05) is 27.3 Å². The molecule has 0 radical (unpaired) electrons. The highest BCUT2D eigenvalue weighted by Gasteiger charge is 2.12. The van der Waals surface area contributed by atoms with Crippen LogP contribution in [0.3, 0.4) is 0 Å². The van der Waals surface area contributed by atoms with Crippen molar-refractivity contribution in [2.45, 2.75) is 124 Å². The van der Waals surface area contributed by atoms with E-state index in [1.807, 2.05) is 0 Å². The van der Waals surface area contributed by atoms with Gasteiger partial charge in [-0.1, -0.05) is 105 Å². The van der Waals surface area contributed by atoms with Crippen LogP contribution in [0, 0.1) is 11.8 Å². The fourth-order valence-electron chi connectivity index (χ4n) is 3.70. The zero-order valence-corrected chi connectivity index (χ0v) is 19.9. The Bertz CT molecular complexity index is 290. The van der Waals surface area contributed by atoms with Crippen LogP contribution in [-0.4, -0.2) is 38.3 Å². The highest BCUT2D eigenvalue weighted by atomic mass is 16.5. The molecule has 0 saturated heterocycles. The van der Waals surface area contributed by atoms with Crippen LogP contribution in [0.25, 0.3) is 0 Å². The lowest BCUT2D eigenvalue weighted by Gasteiger charge is -2.24. The molecule has 0 amide bonds. The van der Waals surface area contributed by atoms with Gasteiger partial charge in [-0.3, -0.25) is 0 Å². The topological polar surface area (TPSA) is 12.5 Å². The minimum absolute atomic E-state index is 0.589. The van der Waals surface area contributed by atoms with E-state index >= 15 is 0 Å². The Balaban J connectivity index is 3.62. The van der Waals surface area contributed by atoms with E-state index in [2.05, 4.69) is 46.7 Å². The molecule has 0 saturated carbocycles. The first-order chi connectivity index (χ1) is 13.0. The van der Waals surface area contributed by atoms with Crippen molar-refractivity contribution in [3.8, 4) is 0 Å². The van der Waals surface area contributed by atoms with Gasteiger partial charge in [0.2, 0.25) is 0 Å². The third-order valence-electron chi connectivity index (χ3n) is 5.91. The molecular weight excluding hydrogens is 330 g/mol. The Hall–Kier alpha value is -0.0800. The smallest absolute Gasteiger partial charge is 0.0621 e. The molecule has 0 fully saturated rings. The van der Waals surface area contributed by atoms with Crippen LogP contribution < -0.4 is 0 Å². The third kappa shape index (κ3) is 19.0. The summed E-state index contributed by atoms with van der Waals surface area (Å²) in [6.45, 7) is 11.2. The van der Waals surface area contributed by atoms with Gasteiger partial charge in [-0.05, 0) is 38.8 Å². The summed E-state index contributed by atoms with van der Waals surface area (Å²) in [5, 5.41) is 0. The van der Waals surface area contributed by atoms with Crippen LogP contribution >= 0.6 is 0 Å². The lowest BCUT2D eigenvalue weighted by Crippen LogP contribution is -2.32. The Morgan fingerprint density at radius 3 is 1.81 bits per heavy atom. The van der Waals surface area contributed by atoms with E-state index in [4.69, 9.17) is 4.74 Å². The van der Waals surface area contributed by atoms with Crippen molar-refractivity contribution in [1.29, 1.82) is 0 Å². The van der Waals surface area contributed by atoms with Crippen LogP contribution in [0.1, 0.15) is 118 Å². The average molecular weight is 384 g/mol. The molecule has 2 atom stereocenters. The number of likely N-dealkylation sites (N-methyl/N-ethyl adjacent to an activating group) is 1. The normalized spacial score (nSPS) is 14.2. The molecule has 0 aliphatic heterocycles. The van der Waals surface area contributed by atoms with E-state index in [0.717, 1.165) is 25.0 Å². The summed E-state index contributed by atoms with van der Waals surface area (Å²) in [5.74, 6) is 1.65. The minimum Gasteiger partial charge on any atom is -0.380 e. The lowest BCUT2D eigenvalue weighted by atomic mass is 9.98. The zero-order valence-electron chi connectivity index (χ0n) is 19.9. The molecule has 0 bridgehead atoms. The van der Waals surface area contributed by atoms with Crippen molar-refractivity contribution < 1.29 is 4.74 Å². The van der Waals surface area contributed by atoms with Crippen LogP contribution in [0.5, 0.6) is 0 Å². The fourth-order valence-corrected chi connectivity index (χ4v) is 3.70. The molecule has 0 spiro atoms. The number of rotatable bonds is 20. The SMILES string of the molecule is CCCCCCCCCCCC(COCCC(C)CCCC(C)C)N(C)C. The van der Waals surface area contributed by atoms with E-state index in [0.29, 0.717) is 6.04 Å². The molecule has 0 aromatic carbocycles. The summed E-state index contributed by atoms with van der Waals surface area (Å²) in [6, 6.07) is 0.589. The summed E-state index contributed by atoms with van der Waals surface area (Å²) in [5.41, 5.74) is 0. The molecular formula is C25H53NO. The standard InChI is InChI=1S/C25H53NO/c1-7-8-9-10-11-12-13-14-15-19-25(26(5)6)22-27-21-20-24(4)18-16-17-23(2)3/h23-25H,7-22H2,1-6H3. The Kier molecular flexibility index (Phi) is 19.2. The average Bonchev–Trinajstić information content (AvgIpc) is 2.61. The van der Waals surface area contributed by atoms with Crippen molar-refractivity contribution in [2.24, 2.45) is 11.8 Å². The highest BCUT2D eigenvalue weighted by Crippen LogP contribution is 2.16. The lowest BCUT2D eigenvalue weighted by molar-refractivity contribution is 0.0668.